The summed E-state index contributed by atoms with van der Waals surface area (Å²) < 4.78 is 13.9. The van der Waals surface area contributed by atoms with Gasteiger partial charge >= 0.3 is 0 Å². The first-order chi connectivity index (χ1) is 8.31. The molecule has 17 heavy (non-hydrogen) atoms. The molecule has 1 saturated heterocycles. The number of anilines is 1. The third kappa shape index (κ3) is 2.55. The van der Waals surface area contributed by atoms with E-state index in [2.05, 4.69) is 10.3 Å². The lowest BCUT2D eigenvalue weighted by Crippen LogP contribution is -2.13. The lowest BCUT2D eigenvalue weighted by molar-refractivity contribution is 0.630. The standard InChI is InChI=1S/C12H13FN2S2/c13-9-1-2-10-11(5-9)17-12(15-10)14-6-8-3-4-16-7-8/h1-2,5,8H,3-4,6-7H2,(H,14,15). The van der Waals surface area contributed by atoms with Crippen LogP contribution in [0.4, 0.5) is 9.52 Å². The van der Waals surface area contributed by atoms with Gasteiger partial charge in [-0.25, -0.2) is 9.37 Å². The first kappa shape index (κ1) is 11.3. The maximum absolute atomic E-state index is 13.0. The number of fused-ring (bicyclic) bond motifs is 1. The van der Waals surface area contributed by atoms with Crippen molar-refractivity contribution in [3.8, 4) is 0 Å². The van der Waals surface area contributed by atoms with E-state index in [1.165, 1.54) is 35.3 Å². The molecular formula is C12H13FN2S2. The molecule has 3 rings (SSSR count). The van der Waals surface area contributed by atoms with Crippen molar-refractivity contribution in [2.45, 2.75) is 6.42 Å². The van der Waals surface area contributed by atoms with Crippen LogP contribution in [0.2, 0.25) is 0 Å². The van der Waals surface area contributed by atoms with E-state index in [0.717, 1.165) is 27.8 Å². The Morgan fingerprint density at radius 1 is 1.47 bits per heavy atom. The molecule has 0 bridgehead atoms. The smallest absolute Gasteiger partial charge is 0.183 e. The zero-order valence-corrected chi connectivity index (χ0v) is 10.9. The molecule has 1 fully saturated rings. The van der Waals surface area contributed by atoms with Crippen molar-refractivity contribution >= 4 is 38.4 Å². The van der Waals surface area contributed by atoms with Gasteiger partial charge in [-0.1, -0.05) is 11.3 Å². The van der Waals surface area contributed by atoms with Crippen molar-refractivity contribution in [2.75, 3.05) is 23.4 Å². The van der Waals surface area contributed by atoms with Crippen LogP contribution in [0.5, 0.6) is 0 Å². The van der Waals surface area contributed by atoms with Gasteiger partial charge in [0.15, 0.2) is 5.13 Å². The molecule has 0 amide bonds. The molecule has 1 unspecified atom stereocenters. The predicted molar refractivity (Wildman–Crippen MR) is 73.5 cm³/mol. The zero-order chi connectivity index (χ0) is 11.7. The topological polar surface area (TPSA) is 24.9 Å². The summed E-state index contributed by atoms with van der Waals surface area (Å²) in [6, 6.07) is 4.74. The highest BCUT2D eigenvalue weighted by molar-refractivity contribution is 7.99. The fraction of sp³-hybridized carbons (Fsp3) is 0.417. The molecule has 2 aromatic rings. The van der Waals surface area contributed by atoms with Crippen molar-refractivity contribution in [2.24, 2.45) is 5.92 Å². The second kappa shape index (κ2) is 4.82. The minimum Gasteiger partial charge on any atom is -0.361 e. The van der Waals surface area contributed by atoms with E-state index < -0.39 is 0 Å². The van der Waals surface area contributed by atoms with Crippen molar-refractivity contribution < 1.29 is 4.39 Å². The Bertz CT molecular complexity index is 520. The van der Waals surface area contributed by atoms with E-state index in [0.29, 0.717) is 0 Å². The number of aromatic nitrogens is 1. The van der Waals surface area contributed by atoms with Crippen LogP contribution >= 0.6 is 23.1 Å². The van der Waals surface area contributed by atoms with Gasteiger partial charge in [-0.2, -0.15) is 11.8 Å². The van der Waals surface area contributed by atoms with E-state index in [1.807, 2.05) is 11.8 Å². The predicted octanol–water partition coefficient (Wildman–Crippen LogP) is 3.60. The van der Waals surface area contributed by atoms with E-state index in [4.69, 9.17) is 0 Å². The van der Waals surface area contributed by atoms with Gasteiger partial charge < -0.3 is 5.32 Å². The van der Waals surface area contributed by atoms with Gasteiger partial charge in [0.1, 0.15) is 5.82 Å². The molecule has 1 aromatic heterocycles. The Balaban J connectivity index is 1.72. The van der Waals surface area contributed by atoms with E-state index in [-0.39, 0.29) is 5.82 Å². The molecule has 2 heterocycles. The normalized spacial score (nSPS) is 19.9. The average Bonchev–Trinajstić information content (AvgIpc) is 2.94. The fourth-order valence-electron chi connectivity index (χ4n) is 1.95. The Hall–Kier alpha value is -0.810. The highest BCUT2D eigenvalue weighted by Crippen LogP contribution is 2.28. The van der Waals surface area contributed by atoms with Gasteiger partial charge in [0, 0.05) is 6.54 Å². The van der Waals surface area contributed by atoms with Crippen LogP contribution in [-0.4, -0.2) is 23.0 Å². The number of nitrogens with zero attached hydrogens (tertiary/aromatic N) is 1. The van der Waals surface area contributed by atoms with Crippen LogP contribution in [-0.2, 0) is 0 Å². The van der Waals surface area contributed by atoms with Gasteiger partial charge in [0.05, 0.1) is 10.2 Å². The quantitative estimate of drug-likeness (QED) is 0.920. The highest BCUT2D eigenvalue weighted by atomic mass is 32.2. The van der Waals surface area contributed by atoms with Gasteiger partial charge in [0.25, 0.3) is 0 Å². The number of benzene rings is 1. The Kier molecular flexibility index (Phi) is 3.20. The third-order valence-corrected chi connectivity index (χ3v) is 5.12. The SMILES string of the molecule is Fc1ccc2nc(NCC3CCSC3)sc2c1. The zero-order valence-electron chi connectivity index (χ0n) is 9.28. The Morgan fingerprint density at radius 2 is 2.41 bits per heavy atom. The molecule has 1 N–H and O–H groups in total. The lowest BCUT2D eigenvalue weighted by Gasteiger charge is -2.07. The maximum atomic E-state index is 13.0. The molecule has 0 spiro atoms. The summed E-state index contributed by atoms with van der Waals surface area (Å²) in [5.74, 6) is 3.08. The number of hydrogen-bond acceptors (Lipinski definition) is 4. The van der Waals surface area contributed by atoms with Gasteiger partial charge in [0.2, 0.25) is 0 Å². The van der Waals surface area contributed by atoms with Crippen LogP contribution < -0.4 is 5.32 Å². The maximum Gasteiger partial charge on any atom is 0.183 e. The summed E-state index contributed by atoms with van der Waals surface area (Å²) in [5.41, 5.74) is 0.875. The molecule has 0 radical (unpaired) electrons. The molecule has 1 aromatic carbocycles. The van der Waals surface area contributed by atoms with Crippen molar-refractivity contribution in [1.29, 1.82) is 0 Å². The van der Waals surface area contributed by atoms with E-state index >= 15 is 0 Å². The molecule has 90 valence electrons. The van der Waals surface area contributed by atoms with Crippen molar-refractivity contribution in [1.82, 2.24) is 4.98 Å². The molecule has 1 atom stereocenters. The highest BCUT2D eigenvalue weighted by Gasteiger charge is 2.15. The van der Waals surface area contributed by atoms with Crippen LogP contribution in [0.25, 0.3) is 10.2 Å². The molecule has 1 aliphatic heterocycles. The van der Waals surface area contributed by atoms with Gasteiger partial charge in [-0.15, -0.1) is 0 Å². The molecular weight excluding hydrogens is 255 g/mol. The molecule has 0 saturated carbocycles. The Morgan fingerprint density at radius 3 is 3.24 bits per heavy atom. The lowest BCUT2D eigenvalue weighted by atomic mass is 10.1. The van der Waals surface area contributed by atoms with Gasteiger partial charge in [-0.3, -0.25) is 0 Å². The van der Waals surface area contributed by atoms with Crippen LogP contribution in [0.15, 0.2) is 18.2 Å². The van der Waals surface area contributed by atoms with Crippen molar-refractivity contribution in [3.05, 3.63) is 24.0 Å². The van der Waals surface area contributed by atoms with E-state index in [9.17, 15) is 4.39 Å². The second-order valence-corrected chi connectivity index (χ2v) is 6.42. The van der Waals surface area contributed by atoms with E-state index in [1.54, 1.807) is 12.1 Å². The first-order valence-electron chi connectivity index (χ1n) is 5.69. The summed E-state index contributed by atoms with van der Waals surface area (Å²) in [6.07, 6.45) is 1.29. The largest absolute Gasteiger partial charge is 0.361 e. The fourth-order valence-corrected chi connectivity index (χ4v) is 4.13. The Labute approximate surface area is 108 Å². The number of hydrogen-bond donors (Lipinski definition) is 1. The number of nitrogens with one attached hydrogen (secondary N) is 1. The number of thiazole rings is 1. The monoisotopic (exact) mass is 268 g/mol. The second-order valence-electron chi connectivity index (χ2n) is 4.24. The molecule has 5 heteroatoms. The molecule has 2 nitrogen and oxygen atoms in total. The minimum absolute atomic E-state index is 0.195. The molecule has 1 aliphatic rings. The van der Waals surface area contributed by atoms with Crippen LogP contribution in [0, 0.1) is 11.7 Å². The summed E-state index contributed by atoms with van der Waals surface area (Å²) in [5, 5.41) is 4.27. The summed E-state index contributed by atoms with van der Waals surface area (Å²) in [6.45, 7) is 0.981. The molecule has 0 aliphatic carbocycles. The summed E-state index contributed by atoms with van der Waals surface area (Å²) in [7, 11) is 0. The van der Waals surface area contributed by atoms with Crippen molar-refractivity contribution in [3.63, 3.8) is 0 Å². The number of rotatable bonds is 3. The minimum atomic E-state index is -0.195. The third-order valence-electron chi connectivity index (χ3n) is 2.92. The van der Waals surface area contributed by atoms with Crippen LogP contribution in [0.1, 0.15) is 6.42 Å². The van der Waals surface area contributed by atoms with Crippen LogP contribution in [0.3, 0.4) is 0 Å². The first-order valence-corrected chi connectivity index (χ1v) is 7.66. The average molecular weight is 268 g/mol. The van der Waals surface area contributed by atoms with Gasteiger partial charge in [-0.05, 0) is 42.0 Å². The summed E-state index contributed by atoms with van der Waals surface area (Å²) >= 11 is 3.54. The number of halogens is 1. The summed E-state index contributed by atoms with van der Waals surface area (Å²) in [4.78, 5) is 4.45. The number of thioether (sulfide) groups is 1.